The Labute approximate surface area is 111 Å². The van der Waals surface area contributed by atoms with Gasteiger partial charge in [-0.3, -0.25) is 4.79 Å². The number of carboxylic acid groups (broad SMARTS) is 1. The Bertz CT molecular complexity index is 484. The fraction of sp³-hybridized carbons (Fsp3) is 0.462. The molecule has 1 aromatic rings. The van der Waals surface area contributed by atoms with Crippen LogP contribution in [0.5, 0.6) is 0 Å². The van der Waals surface area contributed by atoms with Crippen LogP contribution in [0, 0.1) is 0 Å². The van der Waals surface area contributed by atoms with Crippen molar-refractivity contribution < 1.29 is 14.7 Å². The Morgan fingerprint density at radius 3 is 2.74 bits per heavy atom. The second-order valence-corrected chi connectivity index (χ2v) is 4.63. The predicted molar refractivity (Wildman–Crippen MR) is 70.1 cm³/mol. The van der Waals surface area contributed by atoms with Gasteiger partial charge in [0.05, 0.1) is 0 Å². The summed E-state index contributed by atoms with van der Waals surface area (Å²) >= 11 is 0. The Balaban J connectivity index is 2.01. The zero-order valence-corrected chi connectivity index (χ0v) is 10.8. The molecule has 0 saturated carbocycles. The summed E-state index contributed by atoms with van der Waals surface area (Å²) in [5, 5.41) is 11.9. The summed E-state index contributed by atoms with van der Waals surface area (Å²) in [5.41, 5.74) is 0.554. The van der Waals surface area contributed by atoms with Crippen LogP contribution in [0.2, 0.25) is 0 Å². The van der Waals surface area contributed by atoms with E-state index >= 15 is 0 Å². The Kier molecular flexibility index (Phi) is 3.99. The number of carbonyl (C=O) groups excluding carboxylic acids is 1. The number of aromatic nitrogens is 1. The van der Waals surface area contributed by atoms with E-state index < -0.39 is 5.97 Å². The van der Waals surface area contributed by atoms with Gasteiger partial charge in [0.15, 0.2) is 0 Å². The molecule has 0 aliphatic carbocycles. The average molecular weight is 263 g/mol. The molecule has 0 aromatic carbocycles. The number of hydrogen-bond donors (Lipinski definition) is 2. The molecule has 19 heavy (non-hydrogen) atoms. The normalized spacial score (nSPS) is 16.2. The standard InChI is InChI=1S/C13H17N3O3/c1-9(12(17)16-6-2-3-7-16)15-10-4-5-14-11(8-10)13(18)19/h4-5,8-9H,2-3,6-7H2,1H3,(H,14,15)(H,18,19). The molecule has 2 N–H and O–H groups in total. The second-order valence-electron chi connectivity index (χ2n) is 4.63. The summed E-state index contributed by atoms with van der Waals surface area (Å²) in [5.74, 6) is -1.03. The third kappa shape index (κ3) is 3.21. The maximum atomic E-state index is 12.1. The quantitative estimate of drug-likeness (QED) is 0.853. The van der Waals surface area contributed by atoms with Crippen LogP contribution in [0.4, 0.5) is 5.69 Å². The van der Waals surface area contributed by atoms with Crippen molar-refractivity contribution in [3.05, 3.63) is 24.0 Å². The Morgan fingerprint density at radius 2 is 2.11 bits per heavy atom. The Morgan fingerprint density at radius 1 is 1.42 bits per heavy atom. The van der Waals surface area contributed by atoms with Gasteiger partial charge in [0, 0.05) is 25.0 Å². The van der Waals surface area contributed by atoms with E-state index in [2.05, 4.69) is 10.3 Å². The molecule has 1 unspecified atom stereocenters. The van der Waals surface area contributed by atoms with Crippen LogP contribution in [0.3, 0.4) is 0 Å². The summed E-state index contributed by atoms with van der Waals surface area (Å²) in [4.78, 5) is 28.5. The SMILES string of the molecule is CC(Nc1ccnc(C(=O)O)c1)C(=O)N1CCCC1. The predicted octanol–water partition coefficient (Wildman–Crippen LogP) is 1.20. The molecule has 1 atom stereocenters. The van der Waals surface area contributed by atoms with Gasteiger partial charge < -0.3 is 15.3 Å². The molecular formula is C13H17N3O3. The summed E-state index contributed by atoms with van der Waals surface area (Å²) < 4.78 is 0. The van der Waals surface area contributed by atoms with Gasteiger partial charge in [-0.05, 0) is 31.9 Å². The number of rotatable bonds is 4. The van der Waals surface area contributed by atoms with Crippen molar-refractivity contribution in [1.82, 2.24) is 9.88 Å². The van der Waals surface area contributed by atoms with Crippen LogP contribution in [0.1, 0.15) is 30.3 Å². The third-order valence-electron chi connectivity index (χ3n) is 3.15. The monoisotopic (exact) mass is 263 g/mol. The van der Waals surface area contributed by atoms with E-state index in [1.807, 2.05) is 4.90 Å². The summed E-state index contributed by atoms with van der Waals surface area (Å²) in [6, 6.07) is 2.71. The average Bonchev–Trinajstić information content (AvgIpc) is 2.92. The summed E-state index contributed by atoms with van der Waals surface area (Å²) in [6.45, 7) is 3.39. The highest BCUT2D eigenvalue weighted by Gasteiger charge is 2.23. The molecular weight excluding hydrogens is 246 g/mol. The Hall–Kier alpha value is -2.11. The van der Waals surface area contributed by atoms with Gasteiger partial charge in [0.25, 0.3) is 0 Å². The highest BCUT2D eigenvalue weighted by atomic mass is 16.4. The molecule has 2 heterocycles. The molecule has 6 heteroatoms. The molecule has 0 spiro atoms. The maximum absolute atomic E-state index is 12.1. The van der Waals surface area contributed by atoms with Gasteiger partial charge in [0.1, 0.15) is 11.7 Å². The van der Waals surface area contributed by atoms with Crippen LogP contribution in [0.25, 0.3) is 0 Å². The van der Waals surface area contributed by atoms with Gasteiger partial charge in [-0.15, -0.1) is 0 Å². The smallest absolute Gasteiger partial charge is 0.354 e. The minimum absolute atomic E-state index is 0.0363. The van der Waals surface area contributed by atoms with E-state index in [0.717, 1.165) is 25.9 Å². The topological polar surface area (TPSA) is 82.5 Å². The number of aromatic carboxylic acids is 1. The molecule has 1 aromatic heterocycles. The number of carbonyl (C=O) groups is 2. The maximum Gasteiger partial charge on any atom is 0.354 e. The lowest BCUT2D eigenvalue weighted by Crippen LogP contribution is -2.39. The van der Waals surface area contributed by atoms with Gasteiger partial charge in [-0.2, -0.15) is 0 Å². The van der Waals surface area contributed by atoms with Crippen molar-refractivity contribution in [2.45, 2.75) is 25.8 Å². The van der Waals surface area contributed by atoms with Crippen molar-refractivity contribution in [3.8, 4) is 0 Å². The molecule has 0 bridgehead atoms. The van der Waals surface area contributed by atoms with E-state index in [9.17, 15) is 9.59 Å². The number of hydrogen-bond acceptors (Lipinski definition) is 4. The largest absolute Gasteiger partial charge is 0.477 e. The van der Waals surface area contributed by atoms with Crippen LogP contribution < -0.4 is 5.32 Å². The molecule has 1 aliphatic heterocycles. The summed E-state index contributed by atoms with van der Waals surface area (Å²) in [6.07, 6.45) is 3.52. The van der Waals surface area contributed by atoms with Crippen molar-refractivity contribution >= 4 is 17.6 Å². The molecule has 1 fully saturated rings. The number of anilines is 1. The fourth-order valence-electron chi connectivity index (χ4n) is 2.16. The molecule has 1 aliphatic rings. The van der Waals surface area contributed by atoms with E-state index in [4.69, 9.17) is 5.11 Å². The number of amides is 1. The zero-order valence-electron chi connectivity index (χ0n) is 10.8. The fourth-order valence-corrected chi connectivity index (χ4v) is 2.16. The minimum atomic E-state index is -1.08. The lowest BCUT2D eigenvalue weighted by atomic mass is 10.2. The number of pyridine rings is 1. The van der Waals surface area contributed by atoms with Gasteiger partial charge >= 0.3 is 5.97 Å². The van der Waals surface area contributed by atoms with Crippen molar-refractivity contribution in [2.24, 2.45) is 0 Å². The van der Waals surface area contributed by atoms with E-state index in [-0.39, 0.29) is 17.6 Å². The number of carboxylic acids is 1. The van der Waals surface area contributed by atoms with E-state index in [1.165, 1.54) is 12.3 Å². The molecule has 1 amide bonds. The first kappa shape index (κ1) is 13.3. The molecule has 6 nitrogen and oxygen atoms in total. The lowest BCUT2D eigenvalue weighted by Gasteiger charge is -2.21. The second kappa shape index (κ2) is 5.69. The zero-order chi connectivity index (χ0) is 13.8. The minimum Gasteiger partial charge on any atom is -0.477 e. The van der Waals surface area contributed by atoms with Crippen molar-refractivity contribution in [2.75, 3.05) is 18.4 Å². The van der Waals surface area contributed by atoms with Crippen LogP contribution in [-0.2, 0) is 4.79 Å². The summed E-state index contributed by atoms with van der Waals surface area (Å²) in [7, 11) is 0. The van der Waals surface area contributed by atoms with Crippen LogP contribution in [0.15, 0.2) is 18.3 Å². The van der Waals surface area contributed by atoms with E-state index in [0.29, 0.717) is 5.69 Å². The highest BCUT2D eigenvalue weighted by molar-refractivity contribution is 5.87. The third-order valence-corrected chi connectivity index (χ3v) is 3.15. The number of nitrogens with one attached hydrogen (secondary N) is 1. The van der Waals surface area contributed by atoms with Gasteiger partial charge in [-0.25, -0.2) is 9.78 Å². The van der Waals surface area contributed by atoms with Crippen molar-refractivity contribution in [3.63, 3.8) is 0 Å². The van der Waals surface area contributed by atoms with E-state index in [1.54, 1.807) is 13.0 Å². The first-order valence-corrected chi connectivity index (χ1v) is 6.32. The lowest BCUT2D eigenvalue weighted by molar-refractivity contribution is -0.130. The first-order chi connectivity index (χ1) is 9.08. The molecule has 0 radical (unpaired) electrons. The molecule has 102 valence electrons. The first-order valence-electron chi connectivity index (χ1n) is 6.32. The molecule has 2 rings (SSSR count). The highest BCUT2D eigenvalue weighted by Crippen LogP contribution is 2.13. The van der Waals surface area contributed by atoms with Crippen LogP contribution >= 0.6 is 0 Å². The van der Waals surface area contributed by atoms with Crippen LogP contribution in [-0.4, -0.2) is 46.0 Å². The van der Waals surface area contributed by atoms with Gasteiger partial charge in [0.2, 0.25) is 5.91 Å². The van der Waals surface area contributed by atoms with Crippen molar-refractivity contribution in [1.29, 1.82) is 0 Å². The molecule has 1 saturated heterocycles. The van der Waals surface area contributed by atoms with Gasteiger partial charge in [-0.1, -0.05) is 0 Å². The number of likely N-dealkylation sites (tertiary alicyclic amines) is 1. The number of nitrogens with zero attached hydrogens (tertiary/aromatic N) is 2.